The third kappa shape index (κ3) is 3.54. The normalized spacial score (nSPS) is 12.4. The molecule has 2 aromatic rings. The van der Waals surface area contributed by atoms with Crippen molar-refractivity contribution in [1.29, 1.82) is 0 Å². The zero-order chi connectivity index (χ0) is 14.5. The molecule has 0 aliphatic heterocycles. The molecule has 0 aliphatic carbocycles. The van der Waals surface area contributed by atoms with Gasteiger partial charge >= 0.3 is 0 Å². The highest BCUT2D eigenvalue weighted by Gasteiger charge is 2.06. The van der Waals surface area contributed by atoms with Crippen molar-refractivity contribution in [3.05, 3.63) is 42.0 Å². The van der Waals surface area contributed by atoms with E-state index in [0.29, 0.717) is 5.88 Å². The molecule has 1 aromatic carbocycles. The lowest BCUT2D eigenvalue weighted by Gasteiger charge is -2.10. The second kappa shape index (κ2) is 6.48. The highest BCUT2D eigenvalue weighted by Crippen LogP contribution is 2.22. The number of hydrogen-bond acceptors (Lipinski definition) is 4. The Balaban J connectivity index is 2.15. The topological polar surface area (TPSA) is 44.2 Å². The molecule has 0 saturated heterocycles. The Hall–Kier alpha value is -1.94. The molecule has 2 rings (SSSR count). The molecule has 106 valence electrons. The van der Waals surface area contributed by atoms with Gasteiger partial charge in [-0.2, -0.15) is 0 Å². The Bertz CT molecular complexity index is 535. The SMILES string of the molecule is CO[C@H](C)c1ccc(-c2ccc(OC(C)C)nn2)cc1. The number of methoxy groups -OCH3 is 1. The van der Waals surface area contributed by atoms with Crippen molar-refractivity contribution in [3.63, 3.8) is 0 Å². The Morgan fingerprint density at radius 1 is 0.900 bits per heavy atom. The highest BCUT2D eigenvalue weighted by atomic mass is 16.5. The van der Waals surface area contributed by atoms with Gasteiger partial charge in [-0.15, -0.1) is 10.2 Å². The van der Waals surface area contributed by atoms with Gasteiger partial charge in [-0.25, -0.2) is 0 Å². The minimum atomic E-state index is 0.0944. The monoisotopic (exact) mass is 272 g/mol. The fourth-order valence-electron chi connectivity index (χ4n) is 1.84. The molecule has 20 heavy (non-hydrogen) atoms. The van der Waals surface area contributed by atoms with E-state index in [1.165, 1.54) is 0 Å². The third-order valence-electron chi connectivity index (χ3n) is 3.03. The third-order valence-corrected chi connectivity index (χ3v) is 3.03. The quantitative estimate of drug-likeness (QED) is 0.833. The Morgan fingerprint density at radius 2 is 1.60 bits per heavy atom. The molecular formula is C16H20N2O2. The maximum absolute atomic E-state index is 5.48. The zero-order valence-electron chi connectivity index (χ0n) is 12.3. The lowest BCUT2D eigenvalue weighted by atomic mass is 10.1. The van der Waals surface area contributed by atoms with E-state index in [4.69, 9.17) is 9.47 Å². The van der Waals surface area contributed by atoms with Crippen LogP contribution in [-0.2, 0) is 4.74 Å². The van der Waals surface area contributed by atoms with E-state index in [1.54, 1.807) is 7.11 Å². The smallest absolute Gasteiger partial charge is 0.233 e. The molecule has 0 unspecified atom stereocenters. The highest BCUT2D eigenvalue weighted by molar-refractivity contribution is 5.59. The van der Waals surface area contributed by atoms with Crippen LogP contribution in [-0.4, -0.2) is 23.4 Å². The van der Waals surface area contributed by atoms with Gasteiger partial charge in [-0.3, -0.25) is 0 Å². The summed E-state index contributed by atoms with van der Waals surface area (Å²) in [7, 11) is 1.71. The van der Waals surface area contributed by atoms with Crippen LogP contribution >= 0.6 is 0 Å². The van der Waals surface area contributed by atoms with Crippen LogP contribution in [0.3, 0.4) is 0 Å². The largest absolute Gasteiger partial charge is 0.474 e. The summed E-state index contributed by atoms with van der Waals surface area (Å²) in [6.45, 7) is 5.95. The average Bonchev–Trinajstić information content (AvgIpc) is 2.47. The first-order valence-corrected chi connectivity index (χ1v) is 6.73. The molecule has 4 heteroatoms. The van der Waals surface area contributed by atoms with Crippen LogP contribution in [0.5, 0.6) is 5.88 Å². The van der Waals surface area contributed by atoms with Crippen LogP contribution < -0.4 is 4.74 Å². The second-order valence-corrected chi connectivity index (χ2v) is 4.92. The van der Waals surface area contributed by atoms with Gasteiger partial charge in [0.15, 0.2) is 0 Å². The van der Waals surface area contributed by atoms with Gasteiger partial charge in [-0.05, 0) is 32.4 Å². The number of aromatic nitrogens is 2. The summed E-state index contributed by atoms with van der Waals surface area (Å²) < 4.78 is 10.8. The molecule has 0 fully saturated rings. The lowest BCUT2D eigenvalue weighted by Crippen LogP contribution is -2.07. The van der Waals surface area contributed by atoms with E-state index in [-0.39, 0.29) is 12.2 Å². The van der Waals surface area contributed by atoms with Crippen molar-refractivity contribution >= 4 is 0 Å². The van der Waals surface area contributed by atoms with Crippen LogP contribution in [0.1, 0.15) is 32.4 Å². The summed E-state index contributed by atoms with van der Waals surface area (Å²) in [4.78, 5) is 0. The molecule has 4 nitrogen and oxygen atoms in total. The van der Waals surface area contributed by atoms with Crippen LogP contribution in [0, 0.1) is 0 Å². The van der Waals surface area contributed by atoms with Gasteiger partial charge in [0.25, 0.3) is 0 Å². The maximum Gasteiger partial charge on any atom is 0.233 e. The molecule has 0 saturated carbocycles. The summed E-state index contributed by atoms with van der Waals surface area (Å²) >= 11 is 0. The molecule has 1 atom stereocenters. The van der Waals surface area contributed by atoms with Crippen molar-refractivity contribution in [1.82, 2.24) is 10.2 Å². The number of benzene rings is 1. The summed E-state index contributed by atoms with van der Waals surface area (Å²) in [5, 5.41) is 8.26. The summed E-state index contributed by atoms with van der Waals surface area (Å²) in [6.07, 6.45) is 0.196. The van der Waals surface area contributed by atoms with Crippen LogP contribution in [0.4, 0.5) is 0 Å². The van der Waals surface area contributed by atoms with E-state index < -0.39 is 0 Å². The number of rotatable bonds is 5. The Morgan fingerprint density at radius 3 is 2.10 bits per heavy atom. The van der Waals surface area contributed by atoms with E-state index in [1.807, 2.05) is 57.2 Å². The van der Waals surface area contributed by atoms with Gasteiger partial charge in [0, 0.05) is 18.7 Å². The molecule has 0 radical (unpaired) electrons. The number of hydrogen-bond donors (Lipinski definition) is 0. The number of ether oxygens (including phenoxy) is 2. The summed E-state index contributed by atoms with van der Waals surface area (Å²) in [5.74, 6) is 0.549. The molecule has 0 N–H and O–H groups in total. The fraction of sp³-hybridized carbons (Fsp3) is 0.375. The van der Waals surface area contributed by atoms with Crippen LogP contribution in [0.25, 0.3) is 11.3 Å². The van der Waals surface area contributed by atoms with Gasteiger partial charge in [-0.1, -0.05) is 24.3 Å². The lowest BCUT2D eigenvalue weighted by molar-refractivity contribution is 0.119. The number of nitrogens with zero attached hydrogens (tertiary/aromatic N) is 2. The van der Waals surface area contributed by atoms with Crippen molar-refractivity contribution in [2.24, 2.45) is 0 Å². The van der Waals surface area contributed by atoms with Crippen LogP contribution in [0.2, 0.25) is 0 Å². The minimum Gasteiger partial charge on any atom is -0.474 e. The molecule has 0 aliphatic rings. The Labute approximate surface area is 119 Å². The average molecular weight is 272 g/mol. The zero-order valence-corrected chi connectivity index (χ0v) is 12.3. The first kappa shape index (κ1) is 14.5. The maximum atomic E-state index is 5.48. The standard InChI is InChI=1S/C16H20N2O2/c1-11(2)20-16-10-9-15(17-18-16)14-7-5-13(6-8-14)12(3)19-4/h5-12H,1-4H3/t12-/m1/s1. The van der Waals surface area contributed by atoms with Crippen molar-refractivity contribution in [2.45, 2.75) is 33.0 Å². The molecule has 0 amide bonds. The van der Waals surface area contributed by atoms with Gasteiger partial charge < -0.3 is 9.47 Å². The molecule has 0 bridgehead atoms. The van der Waals surface area contributed by atoms with E-state index in [2.05, 4.69) is 10.2 Å². The molecule has 1 aromatic heterocycles. The van der Waals surface area contributed by atoms with Crippen LogP contribution in [0.15, 0.2) is 36.4 Å². The summed E-state index contributed by atoms with van der Waals surface area (Å²) in [6, 6.07) is 11.9. The van der Waals surface area contributed by atoms with E-state index >= 15 is 0 Å². The van der Waals surface area contributed by atoms with Crippen molar-refractivity contribution in [3.8, 4) is 17.1 Å². The first-order chi connectivity index (χ1) is 9.60. The minimum absolute atomic E-state index is 0.0944. The predicted molar refractivity (Wildman–Crippen MR) is 78.7 cm³/mol. The van der Waals surface area contributed by atoms with E-state index in [0.717, 1.165) is 16.8 Å². The second-order valence-electron chi connectivity index (χ2n) is 4.92. The summed E-state index contributed by atoms with van der Waals surface area (Å²) in [5.41, 5.74) is 3.00. The molecular weight excluding hydrogens is 252 g/mol. The first-order valence-electron chi connectivity index (χ1n) is 6.73. The predicted octanol–water partition coefficient (Wildman–Crippen LogP) is 3.64. The van der Waals surface area contributed by atoms with Crippen molar-refractivity contribution < 1.29 is 9.47 Å². The van der Waals surface area contributed by atoms with E-state index in [9.17, 15) is 0 Å². The molecule has 0 spiro atoms. The van der Waals surface area contributed by atoms with Crippen molar-refractivity contribution in [2.75, 3.05) is 7.11 Å². The van der Waals surface area contributed by atoms with Gasteiger partial charge in [0.1, 0.15) is 0 Å². The molecule has 1 heterocycles. The van der Waals surface area contributed by atoms with Gasteiger partial charge in [0.05, 0.1) is 17.9 Å². The van der Waals surface area contributed by atoms with Gasteiger partial charge in [0.2, 0.25) is 5.88 Å². The Kier molecular flexibility index (Phi) is 4.69. The fourth-order valence-corrected chi connectivity index (χ4v) is 1.84.